The van der Waals surface area contributed by atoms with Gasteiger partial charge in [-0.1, -0.05) is 237 Å². The zero-order chi connectivity index (χ0) is 64.8. The van der Waals surface area contributed by atoms with Crippen LogP contribution in [-0.4, -0.2) is 135 Å². The van der Waals surface area contributed by atoms with Crippen molar-refractivity contribution in [2.24, 2.45) is 9.98 Å². The number of imide groups is 2. The van der Waals surface area contributed by atoms with Gasteiger partial charge in [0.1, 0.15) is 26.4 Å². The van der Waals surface area contributed by atoms with Crippen LogP contribution in [0, 0.1) is 0 Å². The minimum Gasteiger partial charge on any atom is -0.443 e. The van der Waals surface area contributed by atoms with Crippen molar-refractivity contribution in [2.75, 3.05) is 19.6 Å². The molecule has 4 aromatic carbocycles. The van der Waals surface area contributed by atoms with Gasteiger partial charge in [-0.2, -0.15) is 0 Å². The van der Waals surface area contributed by atoms with Gasteiger partial charge >= 0.3 is 12.2 Å². The van der Waals surface area contributed by atoms with Gasteiger partial charge < -0.3 is 40.1 Å². The molecule has 2 spiro atoms. The molecule has 90 heavy (non-hydrogen) atoms. The number of halogens is 6. The molecule has 2 fully saturated rings. The summed E-state index contributed by atoms with van der Waals surface area (Å²) in [5, 5.41) is 16.6. The Balaban J connectivity index is 0.000000194. The van der Waals surface area contributed by atoms with E-state index >= 15 is 0 Å². The van der Waals surface area contributed by atoms with E-state index < -0.39 is 54.7 Å². The van der Waals surface area contributed by atoms with E-state index in [0.29, 0.717) is 41.4 Å². The lowest BCUT2D eigenvalue weighted by Gasteiger charge is -2.47. The summed E-state index contributed by atoms with van der Waals surface area (Å²) in [6, 6.07) is 36.1. The number of hydrogen-bond donors (Lipinski definition) is 5. The molecule has 4 aromatic rings. The van der Waals surface area contributed by atoms with Crippen LogP contribution in [0.5, 0.6) is 0 Å². The first-order valence-corrected chi connectivity index (χ1v) is 30.6. The van der Waals surface area contributed by atoms with Gasteiger partial charge in [0, 0.05) is 26.1 Å². The summed E-state index contributed by atoms with van der Waals surface area (Å²) in [6.45, 7) is 16.8. The number of guanidine groups is 2. The number of nitrogens with one attached hydrogen (secondary N) is 5. The molecule has 6 aliphatic rings. The fraction of sp³-hybridized carbons (Fsp3) is 0.323. The van der Waals surface area contributed by atoms with Gasteiger partial charge in [0.05, 0.1) is 35.8 Å². The quantitative estimate of drug-likeness (QED) is 0.0304. The van der Waals surface area contributed by atoms with Gasteiger partial charge in [0.25, 0.3) is 31.2 Å². The van der Waals surface area contributed by atoms with E-state index in [9.17, 15) is 28.8 Å². The number of amides is 6. The largest absolute Gasteiger partial charge is 0.443 e. The Hall–Kier alpha value is -7.80. The van der Waals surface area contributed by atoms with E-state index in [1.807, 2.05) is 168 Å². The summed E-state index contributed by atoms with van der Waals surface area (Å²) in [4.78, 5) is 101. The number of carbonyl (C=O) groups excluding carboxylic acids is 6. The smallest absolute Gasteiger partial charge is 0.442 e. The molecular formula is C62H66Cl6N12O10. The predicted molar refractivity (Wildman–Crippen MR) is 343 cm³/mol. The first-order chi connectivity index (χ1) is 43.0. The molecule has 6 aliphatic heterocycles. The molecule has 5 N–H and O–H groups in total. The molecule has 0 saturated carbocycles. The fourth-order valence-corrected chi connectivity index (χ4v) is 10.9. The highest BCUT2D eigenvalue weighted by Gasteiger charge is 2.60. The number of hydroxylamine groups is 4. The summed E-state index contributed by atoms with van der Waals surface area (Å²) >= 11 is 34.3. The SMILES string of the molecule is C=C1N[C@H]2[C@H](CC)N=C(NC(=O)C(Cl)(Cl)Cl)N3CC=C[C@]23N1.C=C1N[C@]23C=CCN2C(NC(=O)C(Cl)(Cl)Cl)=N[C@@H](CC)[C@@H]3N1CCC(=O)N(OCc1ccccc1)C(=O)OCc1ccccc1.C=CC(=O)N(OCc1ccccc1)C(=O)OCc1ccccc1. The van der Waals surface area contributed by atoms with Crippen molar-refractivity contribution < 1.29 is 47.9 Å². The van der Waals surface area contributed by atoms with Crippen molar-refractivity contribution in [2.45, 2.75) is 103 Å². The minimum atomic E-state index is -2.17. The second-order valence-corrected chi connectivity index (χ2v) is 25.3. The monoisotopic (exact) mass is 1350 g/mol. The summed E-state index contributed by atoms with van der Waals surface area (Å²) in [6.07, 6.45) is 8.49. The van der Waals surface area contributed by atoms with Crippen LogP contribution in [0.15, 0.2) is 193 Å². The van der Waals surface area contributed by atoms with E-state index in [2.05, 4.69) is 57.4 Å². The summed E-state index contributed by atoms with van der Waals surface area (Å²) in [5.41, 5.74) is 1.86. The Morgan fingerprint density at radius 3 is 1.50 bits per heavy atom. The first kappa shape index (κ1) is 68.1. The maximum absolute atomic E-state index is 13.6. The molecule has 10 rings (SSSR count). The van der Waals surface area contributed by atoms with Gasteiger partial charge in [-0.15, -0.1) is 10.1 Å². The number of carbonyl (C=O) groups is 6. The van der Waals surface area contributed by atoms with Crippen molar-refractivity contribution in [3.8, 4) is 0 Å². The molecule has 0 aliphatic carbocycles. The van der Waals surface area contributed by atoms with Crippen molar-refractivity contribution in [3.05, 3.63) is 205 Å². The number of hydrogen-bond acceptors (Lipinski definition) is 18. The van der Waals surface area contributed by atoms with Gasteiger partial charge in [0.2, 0.25) is 11.9 Å². The second-order valence-electron chi connectivity index (χ2n) is 20.7. The van der Waals surface area contributed by atoms with Gasteiger partial charge in [-0.25, -0.2) is 19.6 Å². The molecule has 0 radical (unpaired) electrons. The average Bonchev–Trinajstić information content (AvgIpc) is 1.60. The molecule has 6 heterocycles. The Morgan fingerprint density at radius 2 is 1.04 bits per heavy atom. The molecule has 6 atom stereocenters. The predicted octanol–water partition coefficient (Wildman–Crippen LogP) is 9.31. The molecule has 22 nitrogen and oxygen atoms in total. The fourth-order valence-electron chi connectivity index (χ4n) is 10.6. The summed E-state index contributed by atoms with van der Waals surface area (Å²) in [7, 11) is 0. The van der Waals surface area contributed by atoms with Gasteiger partial charge in [-0.05, 0) is 53.3 Å². The lowest BCUT2D eigenvalue weighted by atomic mass is 9.90. The Labute approximate surface area is 550 Å². The van der Waals surface area contributed by atoms with Crippen molar-refractivity contribution >= 4 is 117 Å². The van der Waals surface area contributed by atoms with Crippen molar-refractivity contribution in [1.82, 2.24) is 51.4 Å². The molecule has 2 saturated heterocycles. The Kier molecular flexibility index (Phi) is 23.0. The third-order valence-corrected chi connectivity index (χ3v) is 15.8. The lowest BCUT2D eigenvalue weighted by molar-refractivity contribution is -0.179. The molecule has 6 amide bonds. The molecule has 0 aromatic heterocycles. The Bertz CT molecular complexity index is 3400. The third kappa shape index (κ3) is 16.4. The van der Waals surface area contributed by atoms with Crippen LogP contribution in [0.25, 0.3) is 0 Å². The van der Waals surface area contributed by atoms with Gasteiger partial charge in [-0.3, -0.25) is 39.5 Å². The lowest BCUT2D eigenvalue weighted by Crippen LogP contribution is -2.69. The first-order valence-electron chi connectivity index (χ1n) is 28.4. The normalized spacial score (nSPS) is 21.5. The van der Waals surface area contributed by atoms with Crippen LogP contribution in [0.1, 0.15) is 55.4 Å². The van der Waals surface area contributed by atoms with E-state index in [-0.39, 0.29) is 69.5 Å². The number of rotatable bonds is 16. The van der Waals surface area contributed by atoms with Crippen LogP contribution in [-0.2, 0) is 64.8 Å². The summed E-state index contributed by atoms with van der Waals surface area (Å²) < 4.78 is 6.33. The summed E-state index contributed by atoms with van der Waals surface area (Å²) in [5.74, 6) is -0.877. The van der Waals surface area contributed by atoms with E-state index in [1.165, 1.54) is 0 Å². The van der Waals surface area contributed by atoms with E-state index in [4.69, 9.17) is 93.7 Å². The zero-order valence-electron chi connectivity index (χ0n) is 48.9. The van der Waals surface area contributed by atoms with E-state index in [0.717, 1.165) is 40.6 Å². The number of aliphatic imine (C=N–C) groups is 2. The molecule has 28 heteroatoms. The highest BCUT2D eigenvalue weighted by atomic mass is 35.6. The van der Waals surface area contributed by atoms with Crippen LogP contribution >= 0.6 is 69.6 Å². The molecule has 476 valence electrons. The molecular weight excluding hydrogens is 1290 g/mol. The topological polar surface area (TPSA) is 240 Å². The highest BCUT2D eigenvalue weighted by Crippen LogP contribution is 2.42. The minimum absolute atomic E-state index is 0.00814. The second kappa shape index (κ2) is 30.3. The van der Waals surface area contributed by atoms with Crippen LogP contribution in [0.2, 0.25) is 0 Å². The molecule has 0 bridgehead atoms. The maximum Gasteiger partial charge on any atom is 0.442 e. The van der Waals surface area contributed by atoms with Gasteiger partial charge in [0.15, 0.2) is 11.3 Å². The standard InChI is InChI=1S/C31H33Cl3N6O5.C18H17NO4.C13H16Cl3N5O/c1-3-24-26-30(16-10-17-39(30)28(35-24)36-27(42)31(32,33)34)37-21(2)38(26)18-15-25(41)40(45-20-23-13-8-5-9-14-23)29(43)44-19-22-11-6-4-7-12-22;1-2-17(20)19(23-14-16-11-7-4-8-12-16)18(21)22-13-15-9-5-3-6-10-15;1-3-8-9-12(20-7(2)17-9)5-4-6-21(12)11(18-8)19-10(22)13(14,15)16/h4-14,16,24,26,37H,2-3,15,17-20H2,1H3,(H,35,36,42);2-12H,1,13-14H2;4-5,8-9,17,20H,2-3,6H2,1H3,(H,18,19,22)/t24-,26-,30+;;8-,9-,12+/m0.0/s1. The highest BCUT2D eigenvalue weighted by molar-refractivity contribution is 6.77. The average molecular weight is 1350 g/mol. The zero-order valence-corrected chi connectivity index (χ0v) is 53.5. The third-order valence-electron chi connectivity index (χ3n) is 14.8. The van der Waals surface area contributed by atoms with Crippen LogP contribution in [0.4, 0.5) is 9.59 Å². The number of nitrogens with zero attached hydrogens (tertiary/aromatic N) is 7. The Morgan fingerprint density at radius 1 is 0.622 bits per heavy atom. The van der Waals surface area contributed by atoms with Crippen LogP contribution in [0.3, 0.4) is 0 Å². The van der Waals surface area contributed by atoms with Crippen molar-refractivity contribution in [1.29, 1.82) is 0 Å². The van der Waals surface area contributed by atoms with Crippen LogP contribution < -0.4 is 26.6 Å². The number of benzene rings is 4. The number of ether oxygens (including phenoxy) is 2. The van der Waals surface area contributed by atoms with E-state index in [1.54, 1.807) is 0 Å². The molecule has 0 unspecified atom stereocenters. The van der Waals surface area contributed by atoms with Crippen molar-refractivity contribution in [3.63, 3.8) is 0 Å². The maximum atomic E-state index is 13.6. The number of alkyl halides is 6.